The van der Waals surface area contributed by atoms with Gasteiger partial charge >= 0.3 is 11.7 Å². The standard InChI is InChI=1S/C18H14ClFN2O5/c19-12-9-11(20)5-6-13(12)21-16(23)10-26-17(24)7-8-22-14-3-1-2-4-15(14)27-18(22)25/h1-6,9H,7-8,10H2,(H,21,23). The summed E-state index contributed by atoms with van der Waals surface area (Å²) in [6.45, 7) is -0.479. The maximum atomic E-state index is 13.0. The van der Waals surface area contributed by atoms with E-state index >= 15 is 0 Å². The minimum atomic E-state index is -0.660. The fraction of sp³-hybridized carbons (Fsp3) is 0.167. The molecule has 1 heterocycles. The van der Waals surface area contributed by atoms with E-state index in [0.29, 0.717) is 11.1 Å². The molecule has 0 spiro atoms. The average molecular weight is 393 g/mol. The lowest BCUT2D eigenvalue weighted by Crippen LogP contribution is -2.22. The Labute approximate surface area is 157 Å². The molecule has 0 aliphatic rings. The van der Waals surface area contributed by atoms with E-state index in [0.717, 1.165) is 12.1 Å². The Hall–Kier alpha value is -3.13. The average Bonchev–Trinajstić information content (AvgIpc) is 2.95. The molecule has 3 aromatic rings. The number of halogens is 2. The molecule has 7 nitrogen and oxygen atoms in total. The molecule has 0 aliphatic carbocycles. The van der Waals surface area contributed by atoms with Gasteiger partial charge in [0.25, 0.3) is 5.91 Å². The first kappa shape index (κ1) is 18.7. The number of para-hydroxylation sites is 2. The number of nitrogens with zero attached hydrogens (tertiary/aromatic N) is 1. The molecule has 0 radical (unpaired) electrons. The van der Waals surface area contributed by atoms with Crippen LogP contribution in [0.2, 0.25) is 5.02 Å². The van der Waals surface area contributed by atoms with Crippen molar-refractivity contribution >= 4 is 40.3 Å². The van der Waals surface area contributed by atoms with Crippen molar-refractivity contribution in [3.8, 4) is 0 Å². The molecule has 0 unspecified atom stereocenters. The highest BCUT2D eigenvalue weighted by atomic mass is 35.5. The first-order valence-electron chi connectivity index (χ1n) is 7.93. The summed E-state index contributed by atoms with van der Waals surface area (Å²) in [5, 5.41) is 2.44. The molecule has 0 aliphatic heterocycles. The first-order chi connectivity index (χ1) is 12.9. The zero-order chi connectivity index (χ0) is 19.4. The quantitative estimate of drug-likeness (QED) is 0.651. The van der Waals surface area contributed by atoms with Crippen LogP contribution in [0.1, 0.15) is 6.42 Å². The number of amides is 1. The largest absolute Gasteiger partial charge is 0.456 e. The van der Waals surface area contributed by atoms with Crippen LogP contribution in [0.25, 0.3) is 11.1 Å². The maximum Gasteiger partial charge on any atom is 0.419 e. The van der Waals surface area contributed by atoms with Crippen LogP contribution in [0.15, 0.2) is 51.7 Å². The fourth-order valence-electron chi connectivity index (χ4n) is 2.42. The summed E-state index contributed by atoms with van der Waals surface area (Å²) in [5.41, 5.74) is 1.20. The number of carbonyl (C=O) groups excluding carboxylic acids is 2. The predicted molar refractivity (Wildman–Crippen MR) is 96.1 cm³/mol. The van der Waals surface area contributed by atoms with Crippen molar-refractivity contribution in [2.45, 2.75) is 13.0 Å². The Morgan fingerprint density at radius 1 is 1.22 bits per heavy atom. The third kappa shape index (κ3) is 4.53. The number of ether oxygens (including phenoxy) is 1. The van der Waals surface area contributed by atoms with Crippen LogP contribution < -0.4 is 11.1 Å². The molecule has 1 aromatic heterocycles. The van der Waals surface area contributed by atoms with Gasteiger partial charge in [0.2, 0.25) is 0 Å². The molecule has 0 bridgehead atoms. The van der Waals surface area contributed by atoms with Crippen LogP contribution in [0, 0.1) is 5.82 Å². The number of aryl methyl sites for hydroxylation is 1. The maximum absolute atomic E-state index is 13.0. The highest BCUT2D eigenvalue weighted by Gasteiger charge is 2.13. The molecule has 0 saturated heterocycles. The summed E-state index contributed by atoms with van der Waals surface area (Å²) < 4.78 is 24.2. The van der Waals surface area contributed by atoms with Gasteiger partial charge in [-0.3, -0.25) is 14.2 Å². The van der Waals surface area contributed by atoms with Gasteiger partial charge in [-0.15, -0.1) is 0 Å². The van der Waals surface area contributed by atoms with Crippen LogP contribution in [0.4, 0.5) is 10.1 Å². The lowest BCUT2D eigenvalue weighted by molar-refractivity contribution is -0.147. The SMILES string of the molecule is O=C(COC(=O)CCn1c(=O)oc2ccccc21)Nc1ccc(F)cc1Cl. The van der Waals surface area contributed by atoms with Crippen LogP contribution in [0.3, 0.4) is 0 Å². The number of oxazole rings is 1. The number of esters is 1. The van der Waals surface area contributed by atoms with E-state index in [2.05, 4.69) is 5.32 Å². The summed E-state index contributed by atoms with van der Waals surface area (Å²) in [4.78, 5) is 35.5. The second-order valence-corrected chi connectivity index (χ2v) is 5.98. The van der Waals surface area contributed by atoms with Crippen molar-refractivity contribution in [3.05, 3.63) is 63.9 Å². The Balaban J connectivity index is 1.51. The van der Waals surface area contributed by atoms with Crippen molar-refractivity contribution in [1.82, 2.24) is 4.57 Å². The summed E-state index contributed by atoms with van der Waals surface area (Å²) in [5.74, 6) is -2.39. The molecule has 1 amide bonds. The fourth-order valence-corrected chi connectivity index (χ4v) is 2.64. The highest BCUT2D eigenvalue weighted by molar-refractivity contribution is 6.33. The minimum absolute atomic E-state index is 0.0286. The normalized spacial score (nSPS) is 10.7. The Kier molecular flexibility index (Phi) is 5.56. The van der Waals surface area contributed by atoms with Crippen molar-refractivity contribution in [1.29, 1.82) is 0 Å². The number of aromatic nitrogens is 1. The van der Waals surface area contributed by atoms with E-state index in [-0.39, 0.29) is 23.7 Å². The van der Waals surface area contributed by atoms with Gasteiger partial charge in [0, 0.05) is 6.54 Å². The number of rotatable bonds is 6. The van der Waals surface area contributed by atoms with Gasteiger partial charge in [-0.25, -0.2) is 9.18 Å². The lowest BCUT2D eigenvalue weighted by atomic mass is 10.3. The van der Waals surface area contributed by atoms with Gasteiger partial charge in [-0.05, 0) is 30.3 Å². The topological polar surface area (TPSA) is 90.5 Å². The molecular formula is C18H14ClFN2O5. The molecule has 0 atom stereocenters. The number of nitrogens with one attached hydrogen (secondary N) is 1. The molecule has 9 heteroatoms. The minimum Gasteiger partial charge on any atom is -0.456 e. The van der Waals surface area contributed by atoms with Gasteiger partial charge < -0.3 is 14.5 Å². The van der Waals surface area contributed by atoms with Crippen LogP contribution in [-0.4, -0.2) is 23.1 Å². The van der Waals surface area contributed by atoms with Crippen LogP contribution in [0.5, 0.6) is 0 Å². The monoisotopic (exact) mass is 392 g/mol. The van der Waals surface area contributed by atoms with Crippen LogP contribution >= 0.6 is 11.6 Å². The third-order valence-electron chi connectivity index (χ3n) is 3.68. The molecule has 0 fully saturated rings. The second-order valence-electron chi connectivity index (χ2n) is 5.57. The Bertz CT molecular complexity index is 1060. The Morgan fingerprint density at radius 2 is 2.00 bits per heavy atom. The van der Waals surface area contributed by atoms with Crippen molar-refractivity contribution in [2.75, 3.05) is 11.9 Å². The summed E-state index contributed by atoms with van der Waals surface area (Å²) in [6.07, 6.45) is -0.117. The zero-order valence-electron chi connectivity index (χ0n) is 13.9. The van der Waals surface area contributed by atoms with E-state index in [1.54, 1.807) is 24.3 Å². The molecule has 0 saturated carbocycles. The molecule has 140 valence electrons. The zero-order valence-corrected chi connectivity index (χ0v) is 14.7. The second kappa shape index (κ2) is 8.05. The summed E-state index contributed by atoms with van der Waals surface area (Å²) >= 11 is 5.80. The number of hydrogen-bond acceptors (Lipinski definition) is 5. The van der Waals surface area contributed by atoms with Gasteiger partial charge in [-0.2, -0.15) is 0 Å². The highest BCUT2D eigenvalue weighted by Crippen LogP contribution is 2.22. The molecule has 1 N–H and O–H groups in total. The van der Waals surface area contributed by atoms with Crippen molar-refractivity contribution in [3.63, 3.8) is 0 Å². The smallest absolute Gasteiger partial charge is 0.419 e. The van der Waals surface area contributed by atoms with E-state index in [1.165, 1.54) is 10.6 Å². The van der Waals surface area contributed by atoms with Gasteiger partial charge in [0.15, 0.2) is 12.2 Å². The van der Waals surface area contributed by atoms with Gasteiger partial charge in [0.05, 0.1) is 22.6 Å². The lowest BCUT2D eigenvalue weighted by Gasteiger charge is -2.08. The van der Waals surface area contributed by atoms with E-state index in [1.807, 2.05) is 0 Å². The van der Waals surface area contributed by atoms with Crippen LogP contribution in [-0.2, 0) is 20.9 Å². The van der Waals surface area contributed by atoms with Crippen molar-refractivity contribution in [2.24, 2.45) is 0 Å². The number of anilines is 1. The number of hydrogen-bond donors (Lipinski definition) is 1. The Morgan fingerprint density at radius 3 is 2.78 bits per heavy atom. The molecule has 27 heavy (non-hydrogen) atoms. The number of benzene rings is 2. The van der Waals surface area contributed by atoms with Crippen molar-refractivity contribution < 1.29 is 23.1 Å². The molecule has 3 rings (SSSR count). The van der Waals surface area contributed by atoms with Gasteiger partial charge in [-0.1, -0.05) is 23.7 Å². The van der Waals surface area contributed by atoms with Gasteiger partial charge in [0.1, 0.15) is 5.82 Å². The first-order valence-corrected chi connectivity index (χ1v) is 8.31. The van der Waals surface area contributed by atoms with E-state index < -0.39 is 30.1 Å². The third-order valence-corrected chi connectivity index (χ3v) is 4.00. The summed E-state index contributed by atoms with van der Waals surface area (Å²) in [6, 6.07) is 10.3. The predicted octanol–water partition coefficient (Wildman–Crippen LogP) is 2.96. The molecule has 2 aromatic carbocycles. The number of carbonyl (C=O) groups is 2. The summed E-state index contributed by atoms with van der Waals surface area (Å²) in [7, 11) is 0. The van der Waals surface area contributed by atoms with E-state index in [4.69, 9.17) is 20.8 Å². The number of fused-ring (bicyclic) bond motifs is 1. The van der Waals surface area contributed by atoms with E-state index in [9.17, 15) is 18.8 Å². The molecular weight excluding hydrogens is 379 g/mol.